The lowest BCUT2D eigenvalue weighted by atomic mass is 10.1. The summed E-state index contributed by atoms with van der Waals surface area (Å²) in [6.45, 7) is 5.23. The van der Waals surface area contributed by atoms with Crippen LogP contribution in [0.25, 0.3) is 11.3 Å². The van der Waals surface area contributed by atoms with Crippen LogP contribution in [0.15, 0.2) is 42.6 Å². The molecule has 0 N–H and O–H groups in total. The summed E-state index contributed by atoms with van der Waals surface area (Å²) < 4.78 is 44.3. The van der Waals surface area contributed by atoms with Crippen molar-refractivity contribution in [3.05, 3.63) is 48.2 Å². The van der Waals surface area contributed by atoms with Crippen molar-refractivity contribution in [1.29, 1.82) is 0 Å². The first-order chi connectivity index (χ1) is 10.1. The minimum absolute atomic E-state index is 0.475. The third-order valence-electron chi connectivity index (χ3n) is 2.85. The van der Waals surface area contributed by atoms with Crippen molar-refractivity contribution in [2.45, 2.75) is 32.5 Å². The molecule has 0 radical (unpaired) electrons. The molecule has 1 heterocycles. The maximum absolute atomic E-state index is 12.6. The summed E-state index contributed by atoms with van der Waals surface area (Å²) in [6.07, 6.45) is -3.44. The Morgan fingerprint density at radius 2 is 1.64 bits per heavy atom. The van der Waals surface area contributed by atoms with E-state index in [1.165, 1.54) is 22.9 Å². The molecule has 1 aromatic heterocycles. The van der Waals surface area contributed by atoms with Crippen LogP contribution in [-0.2, 0) is 10.9 Å². The van der Waals surface area contributed by atoms with Crippen molar-refractivity contribution in [3.8, 4) is 11.3 Å². The van der Waals surface area contributed by atoms with Gasteiger partial charge in [-0.15, -0.1) is 0 Å². The molecule has 0 bridgehead atoms. The van der Waals surface area contributed by atoms with Crippen molar-refractivity contribution >= 4 is 6.09 Å². The minimum atomic E-state index is -4.38. The van der Waals surface area contributed by atoms with Crippen molar-refractivity contribution in [1.82, 2.24) is 4.57 Å². The quantitative estimate of drug-likeness (QED) is 0.745. The first kappa shape index (κ1) is 16.1. The molecule has 3 nitrogen and oxygen atoms in total. The van der Waals surface area contributed by atoms with Gasteiger partial charge in [-0.05, 0) is 50.6 Å². The number of carbonyl (C=O) groups excluding carboxylic acids is 1. The maximum Gasteiger partial charge on any atom is 0.418 e. The highest BCUT2D eigenvalue weighted by Crippen LogP contribution is 2.31. The summed E-state index contributed by atoms with van der Waals surface area (Å²) in [4.78, 5) is 12.1. The zero-order valence-electron chi connectivity index (χ0n) is 12.4. The number of aromatic nitrogens is 1. The van der Waals surface area contributed by atoms with E-state index < -0.39 is 23.4 Å². The summed E-state index contributed by atoms with van der Waals surface area (Å²) in [5.74, 6) is 0. The number of benzene rings is 1. The summed E-state index contributed by atoms with van der Waals surface area (Å²) in [7, 11) is 0. The molecule has 118 valence electrons. The molecule has 6 heteroatoms. The summed E-state index contributed by atoms with van der Waals surface area (Å²) in [5, 5.41) is 0. The Morgan fingerprint density at radius 3 is 2.14 bits per heavy atom. The van der Waals surface area contributed by atoms with Crippen LogP contribution in [0.5, 0.6) is 0 Å². The maximum atomic E-state index is 12.6. The summed E-state index contributed by atoms with van der Waals surface area (Å²) >= 11 is 0. The molecule has 0 amide bonds. The van der Waals surface area contributed by atoms with E-state index in [-0.39, 0.29) is 0 Å². The molecule has 0 aliphatic carbocycles. The Hall–Kier alpha value is -2.24. The van der Waals surface area contributed by atoms with Gasteiger partial charge >= 0.3 is 12.3 Å². The number of halogens is 3. The second-order valence-corrected chi connectivity index (χ2v) is 5.82. The van der Waals surface area contributed by atoms with E-state index in [0.29, 0.717) is 11.3 Å². The molecular weight excluding hydrogens is 295 g/mol. The fraction of sp³-hybridized carbons (Fsp3) is 0.312. The van der Waals surface area contributed by atoms with Crippen LogP contribution in [0.4, 0.5) is 18.0 Å². The molecule has 0 fully saturated rings. The smallest absolute Gasteiger partial charge is 0.418 e. The lowest BCUT2D eigenvalue weighted by Crippen LogP contribution is -2.27. The Morgan fingerprint density at radius 1 is 1.05 bits per heavy atom. The third-order valence-corrected chi connectivity index (χ3v) is 2.85. The number of hydrogen-bond donors (Lipinski definition) is 0. The molecule has 0 aliphatic rings. The van der Waals surface area contributed by atoms with Gasteiger partial charge in [0.2, 0.25) is 0 Å². The van der Waals surface area contributed by atoms with E-state index in [4.69, 9.17) is 4.74 Å². The molecule has 22 heavy (non-hydrogen) atoms. The lowest BCUT2D eigenvalue weighted by Gasteiger charge is -2.20. The predicted molar refractivity (Wildman–Crippen MR) is 76.5 cm³/mol. The van der Waals surface area contributed by atoms with Crippen LogP contribution in [0, 0.1) is 0 Å². The van der Waals surface area contributed by atoms with Crippen molar-refractivity contribution in [2.75, 3.05) is 0 Å². The van der Waals surface area contributed by atoms with Gasteiger partial charge in [0, 0.05) is 6.20 Å². The van der Waals surface area contributed by atoms with Gasteiger partial charge in [0.05, 0.1) is 11.3 Å². The largest absolute Gasteiger partial charge is 0.443 e. The fourth-order valence-corrected chi connectivity index (χ4v) is 1.92. The van der Waals surface area contributed by atoms with Crippen molar-refractivity contribution < 1.29 is 22.7 Å². The molecule has 0 atom stereocenters. The first-order valence-electron chi connectivity index (χ1n) is 6.66. The van der Waals surface area contributed by atoms with Gasteiger partial charge in [0.15, 0.2) is 0 Å². The Labute approximate surface area is 126 Å². The predicted octanol–water partition coefficient (Wildman–Crippen LogP) is 4.96. The molecule has 2 rings (SSSR count). The number of carbonyl (C=O) groups is 1. The number of ether oxygens (including phenoxy) is 1. The number of alkyl halides is 3. The van der Waals surface area contributed by atoms with Crippen LogP contribution < -0.4 is 0 Å². The lowest BCUT2D eigenvalue weighted by molar-refractivity contribution is -0.137. The van der Waals surface area contributed by atoms with Gasteiger partial charge in [-0.1, -0.05) is 12.1 Å². The minimum Gasteiger partial charge on any atom is -0.443 e. The van der Waals surface area contributed by atoms with E-state index >= 15 is 0 Å². The molecule has 1 aromatic carbocycles. The second-order valence-electron chi connectivity index (χ2n) is 5.82. The molecule has 0 saturated heterocycles. The molecule has 0 aliphatic heterocycles. The molecule has 0 saturated carbocycles. The summed E-state index contributed by atoms with van der Waals surface area (Å²) in [6, 6.07) is 7.92. The van der Waals surface area contributed by atoms with E-state index in [0.717, 1.165) is 12.1 Å². The normalized spacial score (nSPS) is 12.3. The van der Waals surface area contributed by atoms with Gasteiger partial charge in [-0.25, -0.2) is 4.79 Å². The highest BCUT2D eigenvalue weighted by atomic mass is 19.4. The Balaban J connectivity index is 2.31. The highest BCUT2D eigenvalue weighted by molar-refractivity contribution is 5.78. The van der Waals surface area contributed by atoms with Crippen LogP contribution in [-0.4, -0.2) is 16.3 Å². The SMILES string of the molecule is CC(C)(C)OC(=O)n1cccc1-c1ccc(C(F)(F)F)cc1. The first-order valence-corrected chi connectivity index (χ1v) is 6.66. The van der Waals surface area contributed by atoms with Gasteiger partial charge < -0.3 is 4.74 Å². The van der Waals surface area contributed by atoms with Crippen molar-refractivity contribution in [2.24, 2.45) is 0 Å². The zero-order valence-corrected chi connectivity index (χ0v) is 12.4. The van der Waals surface area contributed by atoms with Gasteiger partial charge in [-0.3, -0.25) is 4.57 Å². The van der Waals surface area contributed by atoms with Crippen LogP contribution in [0.1, 0.15) is 26.3 Å². The monoisotopic (exact) mass is 311 g/mol. The molecule has 0 spiro atoms. The molecule has 2 aromatic rings. The topological polar surface area (TPSA) is 31.2 Å². The number of nitrogens with zero attached hydrogens (tertiary/aromatic N) is 1. The average Bonchev–Trinajstić information content (AvgIpc) is 2.85. The van der Waals surface area contributed by atoms with Crippen LogP contribution in [0.3, 0.4) is 0 Å². The van der Waals surface area contributed by atoms with Gasteiger partial charge in [-0.2, -0.15) is 13.2 Å². The standard InChI is InChI=1S/C16H16F3NO2/c1-15(2,3)22-14(21)20-10-4-5-13(20)11-6-8-12(9-7-11)16(17,18)19/h4-10H,1-3H3. The second kappa shape index (κ2) is 5.51. The number of hydrogen-bond acceptors (Lipinski definition) is 2. The van der Waals surface area contributed by atoms with Crippen LogP contribution in [0.2, 0.25) is 0 Å². The van der Waals surface area contributed by atoms with Crippen LogP contribution >= 0.6 is 0 Å². The van der Waals surface area contributed by atoms with E-state index in [9.17, 15) is 18.0 Å². The van der Waals surface area contributed by atoms with Gasteiger partial charge in [0.25, 0.3) is 0 Å². The fourth-order valence-electron chi connectivity index (χ4n) is 1.92. The average molecular weight is 311 g/mol. The summed E-state index contributed by atoms with van der Waals surface area (Å²) in [5.41, 5.74) is -0.405. The van der Waals surface area contributed by atoms with Gasteiger partial charge in [0.1, 0.15) is 5.60 Å². The number of rotatable bonds is 1. The van der Waals surface area contributed by atoms with E-state index in [2.05, 4.69) is 0 Å². The van der Waals surface area contributed by atoms with E-state index in [1.54, 1.807) is 32.9 Å². The van der Waals surface area contributed by atoms with Crippen molar-refractivity contribution in [3.63, 3.8) is 0 Å². The van der Waals surface area contributed by atoms with E-state index in [1.807, 2.05) is 0 Å². The molecular formula is C16H16F3NO2. The zero-order chi connectivity index (χ0) is 16.5. The Bertz CT molecular complexity index is 664. The molecule has 0 unspecified atom stereocenters. The highest BCUT2D eigenvalue weighted by Gasteiger charge is 2.30. The third kappa shape index (κ3) is 3.69. The Kier molecular flexibility index (Phi) is 4.04.